The van der Waals surface area contributed by atoms with Crippen molar-refractivity contribution in [1.82, 2.24) is 10.3 Å². The number of hydrogen-bond acceptors (Lipinski definition) is 2. The van der Waals surface area contributed by atoms with Crippen LogP contribution >= 0.6 is 0 Å². The molecule has 2 nitrogen and oxygen atoms in total. The lowest BCUT2D eigenvalue weighted by Gasteiger charge is -2.41. The van der Waals surface area contributed by atoms with Crippen molar-refractivity contribution in [2.45, 2.75) is 39.2 Å². The van der Waals surface area contributed by atoms with E-state index in [2.05, 4.69) is 29.4 Å². The van der Waals surface area contributed by atoms with Crippen LogP contribution in [0.3, 0.4) is 0 Å². The maximum Gasteiger partial charge on any atom is 0.0271 e. The maximum absolute atomic E-state index is 4.02. The first-order chi connectivity index (χ1) is 7.35. The van der Waals surface area contributed by atoms with Crippen LogP contribution in [0, 0.1) is 5.41 Å². The molecule has 0 aromatic carbocycles. The molecule has 1 saturated carbocycles. The number of aromatic nitrogens is 1. The van der Waals surface area contributed by atoms with Crippen LogP contribution in [0.4, 0.5) is 0 Å². The van der Waals surface area contributed by atoms with Crippen LogP contribution in [0.2, 0.25) is 0 Å². The highest BCUT2D eigenvalue weighted by molar-refractivity contribution is 5.09. The van der Waals surface area contributed by atoms with Gasteiger partial charge >= 0.3 is 0 Å². The second kappa shape index (κ2) is 4.75. The van der Waals surface area contributed by atoms with Crippen molar-refractivity contribution in [1.29, 1.82) is 0 Å². The number of pyridine rings is 1. The van der Waals surface area contributed by atoms with Crippen molar-refractivity contribution in [2.75, 3.05) is 6.54 Å². The Kier molecular flexibility index (Phi) is 3.37. The molecule has 0 amide bonds. The lowest BCUT2D eigenvalue weighted by molar-refractivity contribution is 0.124. The van der Waals surface area contributed by atoms with E-state index < -0.39 is 0 Å². The largest absolute Gasteiger partial charge is 0.312 e. The van der Waals surface area contributed by atoms with Gasteiger partial charge in [0.2, 0.25) is 0 Å². The zero-order chi connectivity index (χ0) is 10.6. The quantitative estimate of drug-likeness (QED) is 0.797. The minimum Gasteiger partial charge on any atom is -0.312 e. The first-order valence-corrected chi connectivity index (χ1v) is 5.94. The van der Waals surface area contributed by atoms with Crippen LogP contribution in [0.1, 0.15) is 38.2 Å². The Hall–Kier alpha value is -0.890. The Morgan fingerprint density at radius 2 is 2.07 bits per heavy atom. The van der Waals surface area contributed by atoms with E-state index in [-0.39, 0.29) is 0 Å². The molecule has 0 aliphatic heterocycles. The summed E-state index contributed by atoms with van der Waals surface area (Å²) in [6.07, 6.45) is 9.27. The molecule has 0 atom stereocenters. The van der Waals surface area contributed by atoms with E-state index in [1.165, 1.54) is 37.8 Å². The van der Waals surface area contributed by atoms with Gasteiger partial charge in [-0.2, -0.15) is 0 Å². The number of hydrogen-bond donors (Lipinski definition) is 1. The van der Waals surface area contributed by atoms with E-state index in [0.29, 0.717) is 5.41 Å². The zero-order valence-corrected chi connectivity index (χ0v) is 9.50. The summed E-state index contributed by atoms with van der Waals surface area (Å²) < 4.78 is 0. The molecule has 1 aromatic rings. The Balaban J connectivity index is 1.75. The minimum atomic E-state index is 0.618. The summed E-state index contributed by atoms with van der Waals surface area (Å²) in [5.74, 6) is 0. The van der Waals surface area contributed by atoms with Gasteiger partial charge in [0.25, 0.3) is 0 Å². The highest BCUT2D eigenvalue weighted by atomic mass is 14.9. The van der Waals surface area contributed by atoms with Crippen LogP contribution < -0.4 is 5.32 Å². The molecule has 0 saturated heterocycles. The summed E-state index contributed by atoms with van der Waals surface area (Å²) in [5, 5.41) is 3.57. The van der Waals surface area contributed by atoms with E-state index in [0.717, 1.165) is 6.54 Å². The minimum absolute atomic E-state index is 0.618. The predicted octanol–water partition coefficient (Wildman–Crippen LogP) is 2.75. The van der Waals surface area contributed by atoms with Crippen molar-refractivity contribution in [2.24, 2.45) is 5.41 Å². The van der Waals surface area contributed by atoms with Crippen LogP contribution in [-0.4, -0.2) is 11.5 Å². The van der Waals surface area contributed by atoms with Gasteiger partial charge in [-0.15, -0.1) is 0 Å². The summed E-state index contributed by atoms with van der Waals surface area (Å²) in [6, 6.07) is 4.15. The molecular formula is C13H20N2. The first-order valence-electron chi connectivity index (χ1n) is 5.94. The third-order valence-electron chi connectivity index (χ3n) is 3.74. The van der Waals surface area contributed by atoms with Crippen LogP contribution in [-0.2, 0) is 6.54 Å². The molecule has 82 valence electrons. The number of rotatable bonds is 5. The molecule has 1 fully saturated rings. The van der Waals surface area contributed by atoms with Crippen molar-refractivity contribution in [3.8, 4) is 0 Å². The fourth-order valence-electron chi connectivity index (χ4n) is 2.30. The molecule has 2 heteroatoms. The first kappa shape index (κ1) is 10.6. The standard InChI is InChI=1S/C13H20N2/c1-2-13(6-3-7-13)11-15-10-12-4-8-14-9-5-12/h4-5,8-9,15H,2-3,6-7,10-11H2,1H3. The average molecular weight is 204 g/mol. The van der Waals surface area contributed by atoms with Gasteiger partial charge in [-0.3, -0.25) is 4.98 Å². The highest BCUT2D eigenvalue weighted by Gasteiger charge is 2.34. The monoisotopic (exact) mass is 204 g/mol. The highest BCUT2D eigenvalue weighted by Crippen LogP contribution is 2.43. The van der Waals surface area contributed by atoms with Gasteiger partial charge in [0, 0.05) is 25.5 Å². The topological polar surface area (TPSA) is 24.9 Å². The summed E-state index contributed by atoms with van der Waals surface area (Å²) >= 11 is 0. The average Bonchev–Trinajstić information content (AvgIpc) is 2.24. The Labute approximate surface area is 92.1 Å². The van der Waals surface area contributed by atoms with Gasteiger partial charge < -0.3 is 5.32 Å². The lowest BCUT2D eigenvalue weighted by atomic mass is 9.67. The summed E-state index contributed by atoms with van der Waals surface area (Å²) in [4.78, 5) is 4.02. The van der Waals surface area contributed by atoms with Crippen molar-refractivity contribution >= 4 is 0 Å². The van der Waals surface area contributed by atoms with E-state index >= 15 is 0 Å². The van der Waals surface area contributed by atoms with E-state index in [1.54, 1.807) is 0 Å². The zero-order valence-electron chi connectivity index (χ0n) is 9.50. The van der Waals surface area contributed by atoms with Gasteiger partial charge in [0.15, 0.2) is 0 Å². The lowest BCUT2D eigenvalue weighted by Crippen LogP contribution is -2.39. The van der Waals surface area contributed by atoms with Gasteiger partial charge in [0.05, 0.1) is 0 Å². The normalized spacial score (nSPS) is 18.5. The predicted molar refractivity (Wildman–Crippen MR) is 62.5 cm³/mol. The molecule has 0 spiro atoms. The summed E-state index contributed by atoms with van der Waals surface area (Å²) in [5.41, 5.74) is 1.95. The van der Waals surface area contributed by atoms with Gasteiger partial charge in [-0.1, -0.05) is 13.3 Å². The molecule has 1 aliphatic rings. The molecule has 1 N–H and O–H groups in total. The molecule has 1 aliphatic carbocycles. The molecule has 1 aromatic heterocycles. The fraction of sp³-hybridized carbons (Fsp3) is 0.615. The van der Waals surface area contributed by atoms with E-state index in [1.807, 2.05) is 12.4 Å². The second-order valence-electron chi connectivity index (χ2n) is 4.67. The third kappa shape index (κ3) is 2.57. The molecule has 0 bridgehead atoms. The molecule has 2 rings (SSSR count). The van der Waals surface area contributed by atoms with E-state index in [9.17, 15) is 0 Å². The van der Waals surface area contributed by atoms with Gasteiger partial charge in [0.1, 0.15) is 0 Å². The molecule has 1 heterocycles. The maximum atomic E-state index is 4.02. The molecule has 0 radical (unpaired) electrons. The van der Waals surface area contributed by atoms with E-state index in [4.69, 9.17) is 0 Å². The van der Waals surface area contributed by atoms with Gasteiger partial charge in [-0.25, -0.2) is 0 Å². The fourth-order valence-corrected chi connectivity index (χ4v) is 2.30. The Bertz CT molecular complexity index is 285. The molecular weight excluding hydrogens is 184 g/mol. The van der Waals surface area contributed by atoms with Crippen molar-refractivity contribution in [3.63, 3.8) is 0 Å². The van der Waals surface area contributed by atoms with Crippen molar-refractivity contribution in [3.05, 3.63) is 30.1 Å². The number of nitrogens with one attached hydrogen (secondary N) is 1. The van der Waals surface area contributed by atoms with Crippen LogP contribution in [0.5, 0.6) is 0 Å². The molecule has 15 heavy (non-hydrogen) atoms. The Morgan fingerprint density at radius 1 is 1.33 bits per heavy atom. The molecule has 0 unspecified atom stereocenters. The second-order valence-corrected chi connectivity index (χ2v) is 4.67. The SMILES string of the molecule is CCC1(CNCc2ccncc2)CCC1. The van der Waals surface area contributed by atoms with Crippen LogP contribution in [0.25, 0.3) is 0 Å². The smallest absolute Gasteiger partial charge is 0.0271 e. The third-order valence-corrected chi connectivity index (χ3v) is 3.74. The van der Waals surface area contributed by atoms with Crippen molar-refractivity contribution < 1.29 is 0 Å². The van der Waals surface area contributed by atoms with Gasteiger partial charge in [-0.05, 0) is 42.4 Å². The number of nitrogens with zero attached hydrogens (tertiary/aromatic N) is 1. The Morgan fingerprint density at radius 3 is 2.60 bits per heavy atom. The summed E-state index contributed by atoms with van der Waals surface area (Å²) in [6.45, 7) is 4.46. The van der Waals surface area contributed by atoms with Crippen LogP contribution in [0.15, 0.2) is 24.5 Å². The summed E-state index contributed by atoms with van der Waals surface area (Å²) in [7, 11) is 0.